The lowest BCUT2D eigenvalue weighted by Crippen LogP contribution is -2.61. The molecule has 0 N–H and O–H groups in total. The van der Waals surface area contributed by atoms with Crippen molar-refractivity contribution < 1.29 is 0 Å². The first-order chi connectivity index (χ1) is 54.2. The summed E-state index contributed by atoms with van der Waals surface area (Å²) in [7, 11) is 0. The predicted molar refractivity (Wildman–Crippen MR) is 484 cm³/mol. The highest BCUT2D eigenvalue weighted by Crippen LogP contribution is 2.53. The Morgan fingerprint density at radius 1 is 0.248 bits per heavy atom. The van der Waals surface area contributed by atoms with Crippen LogP contribution in [0.1, 0.15) is 156 Å². The molecule has 0 bridgehead atoms. The SMILES string of the molecule is CC(C)(C)c1ccc2c(c1)c1cc(C(C)(C)C)ccc1n2-c1ccc2c(c1)N(c1ccc(-c3ccc4c(c3)C(C)(C)CCC4(C)C)cc1)c1cc(-n3c4ccc(-c5ccccc5)cc4c4cc(-c5ccccc5)ccc43)cc3c1B2c1ccc(-c2ccccc2)cc1N3c1ccc(-c2ccc3c(c2)C(C)(C)CCC3(C)C)cc1. The Kier molecular flexibility index (Phi) is 15.9. The van der Waals surface area contributed by atoms with Gasteiger partial charge in [-0.15, -0.1) is 0 Å². The fourth-order valence-corrected chi connectivity index (χ4v) is 19.9. The molecular weight excluding hydrogens is 1360 g/mol. The lowest BCUT2D eigenvalue weighted by molar-refractivity contribution is 0.332. The van der Waals surface area contributed by atoms with Gasteiger partial charge >= 0.3 is 0 Å². The third-order valence-electron chi connectivity index (χ3n) is 26.8. The Morgan fingerprint density at radius 3 is 0.965 bits per heavy atom. The molecule has 4 aliphatic rings. The summed E-state index contributed by atoms with van der Waals surface area (Å²) in [5.41, 5.74) is 38.3. The van der Waals surface area contributed by atoms with Crippen molar-refractivity contribution in [1.82, 2.24) is 9.13 Å². The van der Waals surface area contributed by atoms with Crippen molar-refractivity contribution in [3.05, 3.63) is 331 Å². The van der Waals surface area contributed by atoms with Crippen molar-refractivity contribution in [2.75, 3.05) is 9.80 Å². The minimum Gasteiger partial charge on any atom is -0.311 e. The Labute approximate surface area is 668 Å². The second-order valence-corrected chi connectivity index (χ2v) is 37.9. The predicted octanol–water partition coefficient (Wildman–Crippen LogP) is 27.6. The van der Waals surface area contributed by atoms with E-state index in [1.54, 1.807) is 0 Å². The lowest BCUT2D eigenvalue weighted by atomic mass is 9.33. The number of nitrogens with zero attached hydrogens (tertiary/aromatic N) is 4. The molecule has 0 saturated heterocycles. The number of hydrogen-bond acceptors (Lipinski definition) is 2. The van der Waals surface area contributed by atoms with E-state index in [1.807, 2.05) is 0 Å². The van der Waals surface area contributed by atoms with E-state index < -0.39 is 0 Å². The fraction of sp³-hybridized carbons (Fsp3) is 0.222. The van der Waals surface area contributed by atoms with Crippen molar-refractivity contribution in [1.29, 1.82) is 0 Å². The molecule has 2 aromatic heterocycles. The molecule has 2 aliphatic carbocycles. The first-order valence-corrected chi connectivity index (χ1v) is 41.1. The number of aromatic nitrogens is 2. The molecule has 113 heavy (non-hydrogen) atoms. The van der Waals surface area contributed by atoms with Crippen molar-refractivity contribution >= 4 is 101 Å². The molecule has 0 atom stereocenters. The van der Waals surface area contributed by atoms with Crippen molar-refractivity contribution in [2.45, 2.75) is 155 Å². The number of anilines is 6. The van der Waals surface area contributed by atoms with Gasteiger partial charge in [0.05, 0.1) is 27.8 Å². The van der Waals surface area contributed by atoms with Crippen LogP contribution >= 0.6 is 0 Å². The summed E-state index contributed by atoms with van der Waals surface area (Å²) in [6, 6.07) is 115. The standard InChI is InChI=1S/C108H99BN4/c1-103(2,3)78-39-52-96-86(63-78)87-64-79(104(4,5)6)40-53-97(87)112(96)82-45-49-93-99(65-82)111(81-43-32-72(33-44-81)76-35-47-89-91(61-76)108(13,14)57-55-106(89,9)10)101-67-83(113-94-50-37-73(68-24-18-15-19-25-68)58-84(94)85-59-74(38-51-95(85)113)69-26-20-16-21-27-69)66-100-102(101)109(93)92-48-36-77(70-28-22-17-23-29-70)62-98(92)110(100)80-41-30-71(31-42-80)75-34-46-88-90(60-75)107(11,12)56-54-105(88,7)8/h15-53,58-67H,54-57H2,1-14H3. The fourth-order valence-electron chi connectivity index (χ4n) is 19.9. The highest BCUT2D eigenvalue weighted by atomic mass is 15.2. The van der Waals surface area contributed by atoms with E-state index in [4.69, 9.17) is 0 Å². The molecule has 16 aromatic rings. The molecular formula is C108H99BN4. The summed E-state index contributed by atoms with van der Waals surface area (Å²) in [4.78, 5) is 5.29. The van der Waals surface area contributed by atoms with E-state index in [9.17, 15) is 0 Å². The van der Waals surface area contributed by atoms with Gasteiger partial charge in [0.2, 0.25) is 0 Å². The second-order valence-electron chi connectivity index (χ2n) is 37.9. The highest BCUT2D eigenvalue weighted by Gasteiger charge is 2.46. The molecule has 5 heteroatoms. The van der Waals surface area contributed by atoms with Crippen LogP contribution in [0.2, 0.25) is 0 Å². The van der Waals surface area contributed by atoms with Crippen molar-refractivity contribution in [3.63, 3.8) is 0 Å². The van der Waals surface area contributed by atoms with Crippen LogP contribution in [-0.2, 0) is 32.5 Å². The summed E-state index contributed by atoms with van der Waals surface area (Å²) in [5.74, 6) is 0. The molecule has 2 aliphatic heterocycles. The molecule has 0 radical (unpaired) electrons. The first kappa shape index (κ1) is 70.5. The highest BCUT2D eigenvalue weighted by molar-refractivity contribution is 7.00. The normalized spacial score (nSPS) is 15.8. The van der Waals surface area contributed by atoms with Gasteiger partial charge in [0.15, 0.2) is 0 Å². The largest absolute Gasteiger partial charge is 0.311 e. The average Bonchev–Trinajstić information content (AvgIpc) is 1.58. The molecule has 4 heterocycles. The van der Waals surface area contributed by atoms with Gasteiger partial charge in [-0.05, 0) is 267 Å². The third-order valence-corrected chi connectivity index (χ3v) is 26.8. The molecule has 20 rings (SSSR count). The van der Waals surface area contributed by atoms with E-state index in [1.165, 1.54) is 151 Å². The van der Waals surface area contributed by atoms with Crippen LogP contribution in [0.3, 0.4) is 0 Å². The molecule has 0 fully saturated rings. The maximum atomic E-state index is 2.65. The molecule has 0 spiro atoms. The minimum atomic E-state index is -0.183. The number of benzene rings is 14. The van der Waals surface area contributed by atoms with Gasteiger partial charge in [0, 0.05) is 61.4 Å². The van der Waals surface area contributed by atoms with Gasteiger partial charge in [-0.3, -0.25) is 0 Å². The topological polar surface area (TPSA) is 16.3 Å². The van der Waals surface area contributed by atoms with Crippen LogP contribution in [0.25, 0.3) is 111 Å². The van der Waals surface area contributed by atoms with Gasteiger partial charge in [-0.1, -0.05) is 291 Å². The Balaban J connectivity index is 0.879. The summed E-state index contributed by atoms with van der Waals surface area (Å²) < 4.78 is 5.14. The van der Waals surface area contributed by atoms with Gasteiger partial charge in [-0.2, -0.15) is 0 Å². The maximum Gasteiger partial charge on any atom is 0.252 e. The third kappa shape index (κ3) is 11.5. The van der Waals surface area contributed by atoms with E-state index in [0.717, 1.165) is 69.4 Å². The Bertz CT molecular complexity index is 6380. The Hall–Kier alpha value is -11.7. The van der Waals surface area contributed by atoms with Crippen molar-refractivity contribution in [2.24, 2.45) is 0 Å². The van der Waals surface area contributed by atoms with Gasteiger partial charge in [0.1, 0.15) is 0 Å². The summed E-state index contributed by atoms with van der Waals surface area (Å²) >= 11 is 0. The zero-order valence-electron chi connectivity index (χ0n) is 68.0. The van der Waals surface area contributed by atoms with Crippen molar-refractivity contribution in [3.8, 4) is 67.0 Å². The van der Waals surface area contributed by atoms with E-state index >= 15 is 0 Å². The average molecular weight is 1460 g/mol. The van der Waals surface area contributed by atoms with Gasteiger partial charge in [-0.25, -0.2) is 0 Å². The van der Waals surface area contributed by atoms with Crippen LogP contribution < -0.4 is 26.2 Å². The first-order valence-electron chi connectivity index (χ1n) is 41.1. The second kappa shape index (κ2) is 25.4. The molecule has 0 amide bonds. The molecule has 14 aromatic carbocycles. The van der Waals surface area contributed by atoms with Gasteiger partial charge < -0.3 is 18.9 Å². The smallest absolute Gasteiger partial charge is 0.252 e. The van der Waals surface area contributed by atoms with Gasteiger partial charge in [0.25, 0.3) is 6.71 Å². The Morgan fingerprint density at radius 2 is 0.549 bits per heavy atom. The lowest BCUT2D eigenvalue weighted by Gasteiger charge is -2.44. The maximum absolute atomic E-state index is 2.65. The van der Waals surface area contributed by atoms with E-state index in [-0.39, 0.29) is 39.2 Å². The molecule has 0 unspecified atom stereocenters. The monoisotopic (exact) mass is 1460 g/mol. The van der Waals surface area contributed by atoms with E-state index in [2.05, 4.69) is 413 Å². The summed E-state index contributed by atoms with van der Waals surface area (Å²) in [5, 5.41) is 4.95. The summed E-state index contributed by atoms with van der Waals surface area (Å²) in [6.07, 6.45) is 4.68. The van der Waals surface area contributed by atoms with E-state index in [0.29, 0.717) is 0 Å². The van der Waals surface area contributed by atoms with Crippen LogP contribution in [0.4, 0.5) is 34.1 Å². The van der Waals surface area contributed by atoms with Crippen LogP contribution in [0, 0.1) is 0 Å². The zero-order chi connectivity index (χ0) is 77.6. The molecule has 0 saturated carbocycles. The minimum absolute atomic E-state index is 0.0472. The zero-order valence-corrected chi connectivity index (χ0v) is 68.0. The summed E-state index contributed by atoms with van der Waals surface area (Å²) in [6.45, 7) is 33.3. The van der Waals surface area contributed by atoms with Crippen LogP contribution in [0.5, 0.6) is 0 Å². The number of rotatable bonds is 9. The number of hydrogen-bond donors (Lipinski definition) is 0. The quantitative estimate of drug-likeness (QED) is 0.134. The number of fused-ring (bicyclic) bond motifs is 12. The van der Waals surface area contributed by atoms with Crippen LogP contribution in [0.15, 0.2) is 297 Å². The molecule has 554 valence electrons. The molecule has 4 nitrogen and oxygen atoms in total. The van der Waals surface area contributed by atoms with Crippen LogP contribution in [-0.4, -0.2) is 15.8 Å².